The van der Waals surface area contributed by atoms with E-state index in [1.54, 1.807) is 60.7 Å². The molecule has 0 fully saturated rings. The number of ether oxygens (including phenoxy) is 1. The van der Waals surface area contributed by atoms with Crippen LogP contribution in [0.3, 0.4) is 0 Å². The third-order valence-electron chi connectivity index (χ3n) is 4.71. The topological polar surface area (TPSA) is 118 Å². The second-order valence-electron chi connectivity index (χ2n) is 7.01. The maximum Gasteiger partial charge on any atom is 0.335 e. The Labute approximate surface area is 192 Å². The van der Waals surface area contributed by atoms with Crippen molar-refractivity contribution in [2.24, 2.45) is 12.0 Å². The lowest BCUT2D eigenvalue weighted by molar-refractivity contribution is 0.463. The lowest BCUT2D eigenvalue weighted by Gasteiger charge is -2.09. The zero-order valence-electron chi connectivity index (χ0n) is 17.4. The molecule has 0 spiro atoms. The van der Waals surface area contributed by atoms with Crippen molar-refractivity contribution in [3.05, 3.63) is 110 Å². The molecule has 0 bridgehead atoms. The minimum absolute atomic E-state index is 0.112. The predicted molar refractivity (Wildman–Crippen MR) is 122 cm³/mol. The molecule has 0 aliphatic heterocycles. The van der Waals surface area contributed by atoms with Gasteiger partial charge in [0.15, 0.2) is 0 Å². The van der Waals surface area contributed by atoms with E-state index in [9.17, 15) is 9.59 Å². The second-order valence-corrected chi connectivity index (χ2v) is 7.45. The number of rotatable bonds is 5. The van der Waals surface area contributed by atoms with Gasteiger partial charge in [0.2, 0.25) is 11.5 Å². The Kier molecular flexibility index (Phi) is 6.20. The first-order chi connectivity index (χ1) is 15.9. The lowest BCUT2D eigenvalue weighted by atomic mass is 10.2. The van der Waals surface area contributed by atoms with Crippen LogP contribution >= 0.6 is 11.6 Å². The highest BCUT2D eigenvalue weighted by atomic mass is 35.5. The first kappa shape index (κ1) is 21.8. The summed E-state index contributed by atoms with van der Waals surface area (Å²) in [6, 6.07) is 19.0. The minimum Gasteiger partial charge on any atom is -0.439 e. The molecule has 0 radical (unpaired) electrons. The van der Waals surface area contributed by atoms with Crippen LogP contribution < -0.4 is 21.7 Å². The van der Waals surface area contributed by atoms with Gasteiger partial charge >= 0.3 is 11.4 Å². The molecule has 0 aliphatic carbocycles. The Morgan fingerprint density at radius 1 is 1.09 bits per heavy atom. The highest BCUT2D eigenvalue weighted by Gasteiger charge is 2.07. The van der Waals surface area contributed by atoms with Crippen molar-refractivity contribution in [2.45, 2.75) is 6.54 Å². The van der Waals surface area contributed by atoms with E-state index < -0.39 is 11.4 Å². The molecule has 4 rings (SSSR count). The van der Waals surface area contributed by atoms with Gasteiger partial charge in [-0.1, -0.05) is 23.7 Å². The molecule has 0 aliphatic rings. The summed E-state index contributed by atoms with van der Waals surface area (Å²) < 4.78 is 8.01. The fourth-order valence-corrected chi connectivity index (χ4v) is 3.07. The lowest BCUT2D eigenvalue weighted by Crippen LogP contribution is -2.48. The number of aromatic amines is 1. The number of H-pyrrole nitrogens is 1. The van der Waals surface area contributed by atoms with Crippen LogP contribution in [-0.4, -0.2) is 19.1 Å². The monoisotopic (exact) mass is 460 g/mol. The Bertz CT molecular complexity index is 1510. The molecule has 1 N–H and O–H groups in total. The highest BCUT2D eigenvalue weighted by molar-refractivity contribution is 6.30. The van der Waals surface area contributed by atoms with Crippen molar-refractivity contribution in [3.8, 4) is 17.7 Å². The smallest absolute Gasteiger partial charge is 0.335 e. The summed E-state index contributed by atoms with van der Waals surface area (Å²) >= 11 is 5.94. The molecule has 0 saturated carbocycles. The van der Waals surface area contributed by atoms with E-state index in [4.69, 9.17) is 21.6 Å². The summed E-state index contributed by atoms with van der Waals surface area (Å²) in [5.41, 5.74) is 0.802. The van der Waals surface area contributed by atoms with Gasteiger partial charge in [0.1, 0.15) is 11.8 Å². The van der Waals surface area contributed by atoms with Gasteiger partial charge in [-0.25, -0.2) is 24.1 Å². The minimum atomic E-state index is -0.571. The van der Waals surface area contributed by atoms with E-state index >= 15 is 0 Å². The second kappa shape index (κ2) is 9.38. The first-order valence-corrected chi connectivity index (χ1v) is 10.1. The average molecular weight is 461 g/mol. The molecule has 2 aromatic heterocycles. The summed E-state index contributed by atoms with van der Waals surface area (Å²) in [5.74, 6) is 0.855. The number of aromatic nitrogens is 4. The average Bonchev–Trinajstić information content (AvgIpc) is 2.83. The van der Waals surface area contributed by atoms with Crippen LogP contribution in [0.15, 0.2) is 81.4 Å². The van der Waals surface area contributed by atoms with Gasteiger partial charge in [-0.05, 0) is 48.0 Å². The van der Waals surface area contributed by atoms with Gasteiger partial charge in [-0.15, -0.1) is 0 Å². The third-order valence-corrected chi connectivity index (χ3v) is 4.96. The van der Waals surface area contributed by atoms with Crippen molar-refractivity contribution in [2.75, 3.05) is 0 Å². The normalized spacial score (nSPS) is 11.2. The van der Waals surface area contributed by atoms with Crippen LogP contribution in [0.4, 0.5) is 5.69 Å². The van der Waals surface area contributed by atoms with Gasteiger partial charge in [0.05, 0.1) is 17.8 Å². The SMILES string of the molecule is Cn1c(=O)[nH]/c(=N\c2ccc(Oc3ccc(C#N)cn3)cc2)n(Cc2ccc(Cl)cc2)c1=O. The van der Waals surface area contributed by atoms with Gasteiger partial charge in [-0.3, -0.25) is 9.55 Å². The molecule has 9 nitrogen and oxygen atoms in total. The largest absolute Gasteiger partial charge is 0.439 e. The van der Waals surface area contributed by atoms with Crippen LogP contribution in [-0.2, 0) is 13.6 Å². The van der Waals surface area contributed by atoms with Crippen LogP contribution in [0.2, 0.25) is 5.02 Å². The number of nitrogens with zero attached hydrogens (tertiary/aromatic N) is 5. The van der Waals surface area contributed by atoms with Crippen molar-refractivity contribution in [1.82, 2.24) is 19.1 Å². The number of nitriles is 1. The quantitative estimate of drug-likeness (QED) is 0.491. The zero-order chi connectivity index (χ0) is 23.4. The summed E-state index contributed by atoms with van der Waals surface area (Å²) in [7, 11) is 1.40. The molecule has 0 amide bonds. The van der Waals surface area contributed by atoms with Crippen LogP contribution in [0.5, 0.6) is 11.6 Å². The Morgan fingerprint density at radius 3 is 2.45 bits per heavy atom. The number of nitrogens with one attached hydrogen (secondary N) is 1. The first-order valence-electron chi connectivity index (χ1n) is 9.76. The molecular weight excluding hydrogens is 444 g/mol. The number of halogens is 1. The zero-order valence-corrected chi connectivity index (χ0v) is 18.2. The number of hydrogen-bond donors (Lipinski definition) is 1. The van der Waals surface area contributed by atoms with Crippen LogP contribution in [0.25, 0.3) is 0 Å². The summed E-state index contributed by atoms with van der Waals surface area (Å²) in [4.78, 5) is 36.1. The number of pyridine rings is 1. The Morgan fingerprint density at radius 2 is 1.82 bits per heavy atom. The molecule has 10 heteroatoms. The van der Waals surface area contributed by atoms with Gasteiger partial charge in [-0.2, -0.15) is 5.26 Å². The standard InChI is InChI=1S/C23H17ClN6O3/c1-29-22(31)28-21(30(23(29)32)14-15-2-5-17(24)6-3-15)27-18-7-9-19(10-8-18)33-20-11-4-16(12-25)13-26-20/h2-11,13H,14H2,1H3,(H,27,28,31). The van der Waals surface area contributed by atoms with E-state index in [1.807, 2.05) is 6.07 Å². The molecule has 2 heterocycles. The molecule has 0 saturated heterocycles. The summed E-state index contributed by atoms with van der Waals surface area (Å²) in [5, 5.41) is 9.43. The molecule has 164 valence electrons. The van der Waals surface area contributed by atoms with E-state index in [1.165, 1.54) is 17.8 Å². The Balaban J connectivity index is 1.66. The number of hydrogen-bond acceptors (Lipinski definition) is 6. The maximum atomic E-state index is 12.7. The molecule has 4 aromatic rings. The Hall–Kier alpha value is -4.42. The van der Waals surface area contributed by atoms with Crippen molar-refractivity contribution in [3.63, 3.8) is 0 Å². The summed E-state index contributed by atoms with van der Waals surface area (Å²) in [6.07, 6.45) is 1.42. The van der Waals surface area contributed by atoms with Crippen LogP contribution in [0, 0.1) is 11.3 Å². The van der Waals surface area contributed by atoms with Crippen molar-refractivity contribution < 1.29 is 4.74 Å². The van der Waals surface area contributed by atoms with Crippen molar-refractivity contribution in [1.29, 1.82) is 5.26 Å². The number of benzene rings is 2. The molecule has 0 atom stereocenters. The third kappa shape index (κ3) is 5.08. The molecule has 33 heavy (non-hydrogen) atoms. The van der Waals surface area contributed by atoms with E-state index in [0.29, 0.717) is 27.9 Å². The van der Waals surface area contributed by atoms with E-state index in [-0.39, 0.29) is 12.2 Å². The van der Waals surface area contributed by atoms with Gasteiger partial charge in [0, 0.05) is 24.3 Å². The molecule has 2 aromatic carbocycles. The van der Waals surface area contributed by atoms with Crippen molar-refractivity contribution >= 4 is 17.3 Å². The van der Waals surface area contributed by atoms with E-state index in [2.05, 4.69) is 15.0 Å². The fraction of sp³-hybridized carbons (Fsp3) is 0.0870. The maximum absolute atomic E-state index is 12.7. The molecular formula is C23H17ClN6O3. The van der Waals surface area contributed by atoms with Gasteiger partial charge in [0.25, 0.3) is 0 Å². The van der Waals surface area contributed by atoms with Crippen LogP contribution in [0.1, 0.15) is 11.1 Å². The predicted octanol–water partition coefficient (Wildman–Crippen LogP) is 2.87. The van der Waals surface area contributed by atoms with Gasteiger partial charge < -0.3 is 4.74 Å². The van der Waals surface area contributed by atoms with E-state index in [0.717, 1.165) is 10.1 Å². The summed E-state index contributed by atoms with van der Waals surface area (Å²) in [6.45, 7) is 0.199. The highest BCUT2D eigenvalue weighted by Crippen LogP contribution is 2.22. The molecule has 0 unspecified atom stereocenters. The fourth-order valence-electron chi connectivity index (χ4n) is 2.95.